The van der Waals surface area contributed by atoms with Crippen molar-refractivity contribution in [2.75, 3.05) is 24.7 Å². The van der Waals surface area contributed by atoms with Crippen LogP contribution in [0.2, 0.25) is 0 Å². The van der Waals surface area contributed by atoms with Crippen LogP contribution in [0.5, 0.6) is 0 Å². The van der Waals surface area contributed by atoms with Crippen LogP contribution in [0.3, 0.4) is 0 Å². The van der Waals surface area contributed by atoms with Crippen LogP contribution in [0.25, 0.3) is 11.0 Å². The van der Waals surface area contributed by atoms with Gasteiger partial charge in [0.05, 0.1) is 34.8 Å². The Morgan fingerprint density at radius 3 is 2.38 bits per heavy atom. The van der Waals surface area contributed by atoms with Crippen LogP contribution in [0, 0.1) is 0 Å². The van der Waals surface area contributed by atoms with Crippen molar-refractivity contribution in [2.45, 2.75) is 12.8 Å². The predicted molar refractivity (Wildman–Crippen MR) is 101 cm³/mol. The van der Waals surface area contributed by atoms with Gasteiger partial charge in [0.1, 0.15) is 0 Å². The summed E-state index contributed by atoms with van der Waals surface area (Å²) in [6.07, 6.45) is 6.34. The first-order valence-electron chi connectivity index (χ1n) is 8.28. The summed E-state index contributed by atoms with van der Waals surface area (Å²) in [5, 5.41) is 25.7. The maximum atomic E-state index is 8.81. The minimum absolute atomic E-state index is 0.124. The zero-order valence-corrected chi connectivity index (χ0v) is 14.3. The first kappa shape index (κ1) is 17.7. The highest BCUT2D eigenvalue weighted by Gasteiger charge is 2.03. The number of nitrogen functional groups attached to an aromatic ring is 2. The molecule has 0 amide bonds. The second kappa shape index (κ2) is 7.85. The molecule has 4 heterocycles. The van der Waals surface area contributed by atoms with E-state index < -0.39 is 0 Å². The summed E-state index contributed by atoms with van der Waals surface area (Å²) in [7, 11) is 0. The van der Waals surface area contributed by atoms with Gasteiger partial charge in [0.15, 0.2) is 0 Å². The number of aliphatic hydroxyl groups is 2. The van der Waals surface area contributed by atoms with Gasteiger partial charge in [0.2, 0.25) is 0 Å². The number of hydrogen-bond acceptors (Lipinski definition) is 6. The Balaban J connectivity index is 0.000000151. The average Bonchev–Trinajstić information content (AvgIpc) is 3.21. The number of nitrogens with zero attached hydrogens (tertiary/aromatic N) is 4. The third-order valence-corrected chi connectivity index (χ3v) is 4.04. The molecule has 4 aromatic heterocycles. The fourth-order valence-corrected chi connectivity index (χ4v) is 2.72. The maximum Gasteiger partial charge on any atom is 0.0894 e. The van der Waals surface area contributed by atoms with Gasteiger partial charge < -0.3 is 21.7 Å². The Morgan fingerprint density at radius 2 is 1.62 bits per heavy atom. The van der Waals surface area contributed by atoms with Gasteiger partial charge in [-0.25, -0.2) is 9.03 Å². The van der Waals surface area contributed by atoms with E-state index in [2.05, 4.69) is 10.2 Å². The standard InChI is InChI=1S/2C9H11N3O/c10-8-6-11-12-3-1-7(2-4-13)5-9(8)12;10-8-6-11-12-7(4-5-13)2-1-3-9(8)12/h1,3,5-6,13H,2,4,10H2;1-3,6,13H,4-5,10H2. The van der Waals surface area contributed by atoms with E-state index in [0.717, 1.165) is 22.3 Å². The second-order valence-corrected chi connectivity index (χ2v) is 5.83. The highest BCUT2D eigenvalue weighted by molar-refractivity contribution is 5.69. The highest BCUT2D eigenvalue weighted by Crippen LogP contribution is 2.15. The molecule has 136 valence electrons. The minimum atomic E-state index is 0.124. The average molecular weight is 354 g/mol. The molecule has 0 aliphatic carbocycles. The Hall–Kier alpha value is -3.10. The summed E-state index contributed by atoms with van der Waals surface area (Å²) in [5.41, 5.74) is 16.6. The monoisotopic (exact) mass is 354 g/mol. The van der Waals surface area contributed by atoms with E-state index in [0.29, 0.717) is 24.2 Å². The molecule has 0 radical (unpaired) electrons. The van der Waals surface area contributed by atoms with E-state index in [1.807, 2.05) is 36.5 Å². The summed E-state index contributed by atoms with van der Waals surface area (Å²) >= 11 is 0. The molecule has 8 heteroatoms. The Morgan fingerprint density at radius 1 is 0.885 bits per heavy atom. The number of pyridine rings is 2. The Bertz CT molecular complexity index is 1000. The largest absolute Gasteiger partial charge is 0.396 e. The molecule has 0 atom stereocenters. The minimum Gasteiger partial charge on any atom is -0.396 e. The number of fused-ring (bicyclic) bond motifs is 2. The lowest BCUT2D eigenvalue weighted by molar-refractivity contribution is 0.297. The number of aliphatic hydroxyl groups excluding tert-OH is 2. The smallest absolute Gasteiger partial charge is 0.0894 e. The molecule has 0 fully saturated rings. The molecule has 0 aliphatic heterocycles. The van der Waals surface area contributed by atoms with Crippen molar-refractivity contribution in [1.82, 2.24) is 19.2 Å². The van der Waals surface area contributed by atoms with Gasteiger partial charge in [0.25, 0.3) is 0 Å². The topological polar surface area (TPSA) is 127 Å². The molecule has 0 spiro atoms. The summed E-state index contributed by atoms with van der Waals surface area (Å²) in [6, 6.07) is 9.62. The van der Waals surface area contributed by atoms with E-state index in [4.69, 9.17) is 21.7 Å². The molecule has 0 bridgehead atoms. The van der Waals surface area contributed by atoms with Crippen molar-refractivity contribution in [3.63, 3.8) is 0 Å². The van der Waals surface area contributed by atoms with Gasteiger partial charge in [0, 0.05) is 31.5 Å². The van der Waals surface area contributed by atoms with Crippen LogP contribution in [0.4, 0.5) is 11.4 Å². The van der Waals surface area contributed by atoms with Crippen molar-refractivity contribution in [1.29, 1.82) is 0 Å². The molecule has 6 N–H and O–H groups in total. The van der Waals surface area contributed by atoms with E-state index in [9.17, 15) is 0 Å². The molecule has 4 rings (SSSR count). The van der Waals surface area contributed by atoms with Crippen molar-refractivity contribution in [2.24, 2.45) is 0 Å². The predicted octanol–water partition coefficient (Wildman–Crippen LogP) is 0.903. The summed E-state index contributed by atoms with van der Waals surface area (Å²) in [6.45, 7) is 0.281. The van der Waals surface area contributed by atoms with Gasteiger partial charge in [-0.2, -0.15) is 10.2 Å². The zero-order valence-electron chi connectivity index (χ0n) is 14.3. The van der Waals surface area contributed by atoms with Crippen molar-refractivity contribution in [3.8, 4) is 0 Å². The van der Waals surface area contributed by atoms with Crippen LogP contribution in [-0.2, 0) is 12.8 Å². The molecular formula is C18H22N6O2. The Labute approximate surface area is 150 Å². The molecule has 0 aromatic carbocycles. The zero-order chi connectivity index (χ0) is 18.5. The van der Waals surface area contributed by atoms with Crippen LogP contribution in [-0.4, -0.2) is 42.7 Å². The first-order valence-corrected chi connectivity index (χ1v) is 8.28. The third-order valence-electron chi connectivity index (χ3n) is 4.04. The Kier molecular flexibility index (Phi) is 5.35. The number of nitrogens with two attached hydrogens (primary N) is 2. The van der Waals surface area contributed by atoms with E-state index in [1.165, 1.54) is 0 Å². The molecule has 26 heavy (non-hydrogen) atoms. The molecule has 0 unspecified atom stereocenters. The van der Waals surface area contributed by atoms with Gasteiger partial charge >= 0.3 is 0 Å². The number of anilines is 2. The number of hydrogen-bond donors (Lipinski definition) is 4. The van der Waals surface area contributed by atoms with Crippen LogP contribution >= 0.6 is 0 Å². The van der Waals surface area contributed by atoms with E-state index in [-0.39, 0.29) is 13.2 Å². The molecule has 8 nitrogen and oxygen atoms in total. The summed E-state index contributed by atoms with van der Waals surface area (Å²) in [5.74, 6) is 0. The first-order chi connectivity index (χ1) is 12.6. The number of rotatable bonds is 4. The van der Waals surface area contributed by atoms with Crippen LogP contribution in [0.15, 0.2) is 48.9 Å². The lowest BCUT2D eigenvalue weighted by Gasteiger charge is -2.01. The fourth-order valence-electron chi connectivity index (χ4n) is 2.72. The van der Waals surface area contributed by atoms with E-state index in [1.54, 1.807) is 21.4 Å². The maximum absolute atomic E-state index is 8.81. The lowest BCUT2D eigenvalue weighted by atomic mass is 10.2. The van der Waals surface area contributed by atoms with Gasteiger partial charge in [-0.15, -0.1) is 0 Å². The molecular weight excluding hydrogens is 332 g/mol. The van der Waals surface area contributed by atoms with Crippen LogP contribution in [0.1, 0.15) is 11.3 Å². The number of aromatic nitrogens is 4. The highest BCUT2D eigenvalue weighted by atomic mass is 16.3. The van der Waals surface area contributed by atoms with Gasteiger partial charge in [-0.3, -0.25) is 0 Å². The summed E-state index contributed by atoms with van der Waals surface area (Å²) in [4.78, 5) is 0. The molecule has 0 aliphatic rings. The third kappa shape index (κ3) is 3.61. The van der Waals surface area contributed by atoms with Gasteiger partial charge in [-0.05, 0) is 36.2 Å². The molecule has 0 saturated heterocycles. The molecule has 4 aromatic rings. The van der Waals surface area contributed by atoms with Gasteiger partial charge in [-0.1, -0.05) is 6.07 Å². The fraction of sp³-hybridized carbons (Fsp3) is 0.222. The summed E-state index contributed by atoms with van der Waals surface area (Å²) < 4.78 is 3.47. The van der Waals surface area contributed by atoms with Crippen molar-refractivity contribution in [3.05, 3.63) is 60.2 Å². The lowest BCUT2D eigenvalue weighted by Crippen LogP contribution is -2.00. The SMILES string of the molecule is Nc1cnn2c(CCO)cccc12.Nc1cnn2ccc(CCO)cc12. The molecule has 0 saturated carbocycles. The van der Waals surface area contributed by atoms with Crippen LogP contribution < -0.4 is 11.5 Å². The van der Waals surface area contributed by atoms with E-state index >= 15 is 0 Å². The normalized spacial score (nSPS) is 10.8. The quantitative estimate of drug-likeness (QED) is 0.431. The van der Waals surface area contributed by atoms with Crippen molar-refractivity contribution < 1.29 is 10.2 Å². The van der Waals surface area contributed by atoms with Crippen molar-refractivity contribution >= 4 is 22.4 Å². The second-order valence-electron chi connectivity index (χ2n) is 5.83.